The van der Waals surface area contributed by atoms with Gasteiger partial charge in [-0.25, -0.2) is 8.42 Å². The molecule has 1 aromatic carbocycles. The van der Waals surface area contributed by atoms with E-state index in [9.17, 15) is 8.42 Å². The minimum absolute atomic E-state index is 0.0744. The zero-order chi connectivity index (χ0) is 12.4. The van der Waals surface area contributed by atoms with E-state index in [1.54, 1.807) is 38.1 Å². The fraction of sp³-hybridized carbons (Fsp3) is 0.500. The number of rotatable bonds is 4. The van der Waals surface area contributed by atoms with Crippen LogP contribution in [0.1, 0.15) is 32.8 Å². The molecule has 0 amide bonds. The highest BCUT2D eigenvalue weighted by atomic mass is 35.5. The van der Waals surface area contributed by atoms with Crippen molar-refractivity contribution in [1.29, 1.82) is 0 Å². The molecule has 0 aliphatic carbocycles. The number of halogens is 1. The highest BCUT2D eigenvalue weighted by molar-refractivity contribution is 7.92. The second kappa shape index (κ2) is 4.76. The van der Waals surface area contributed by atoms with Crippen LogP contribution >= 0.6 is 11.6 Å². The monoisotopic (exact) mass is 260 g/mol. The maximum absolute atomic E-state index is 12.1. The molecule has 0 atom stereocenters. The molecule has 0 unspecified atom stereocenters. The fourth-order valence-electron chi connectivity index (χ4n) is 1.22. The lowest BCUT2D eigenvalue weighted by Crippen LogP contribution is -2.32. The minimum atomic E-state index is -3.12. The first-order valence-corrected chi connectivity index (χ1v) is 7.28. The lowest BCUT2D eigenvalue weighted by atomic mass is 10.1. The van der Waals surface area contributed by atoms with Crippen molar-refractivity contribution >= 4 is 21.4 Å². The normalized spacial score (nSPS) is 12.8. The molecule has 0 aliphatic heterocycles. The number of hydrogen-bond donors (Lipinski definition) is 0. The van der Waals surface area contributed by atoms with Crippen LogP contribution in [-0.2, 0) is 15.6 Å². The summed E-state index contributed by atoms with van der Waals surface area (Å²) < 4.78 is 23.5. The van der Waals surface area contributed by atoms with E-state index in [0.29, 0.717) is 11.4 Å². The summed E-state index contributed by atoms with van der Waals surface area (Å²) in [6.45, 7) is 5.41. The molecule has 0 fully saturated rings. The van der Waals surface area contributed by atoms with Gasteiger partial charge >= 0.3 is 0 Å². The lowest BCUT2D eigenvalue weighted by molar-refractivity contribution is 0.537. The third kappa shape index (κ3) is 2.98. The molecular formula is C12H17ClO2S. The van der Waals surface area contributed by atoms with Crippen LogP contribution < -0.4 is 0 Å². The van der Waals surface area contributed by atoms with E-state index in [-0.39, 0.29) is 5.75 Å². The van der Waals surface area contributed by atoms with Gasteiger partial charge in [-0.2, -0.15) is 0 Å². The molecule has 0 heterocycles. The van der Waals surface area contributed by atoms with Gasteiger partial charge in [0.25, 0.3) is 0 Å². The summed E-state index contributed by atoms with van der Waals surface area (Å²) in [4.78, 5) is 0. The molecular weight excluding hydrogens is 244 g/mol. The Hall–Kier alpha value is -0.540. The van der Waals surface area contributed by atoms with Crippen molar-refractivity contribution in [3.8, 4) is 0 Å². The Labute approximate surface area is 103 Å². The molecule has 0 spiro atoms. The van der Waals surface area contributed by atoms with Crippen molar-refractivity contribution in [3.63, 3.8) is 0 Å². The van der Waals surface area contributed by atoms with Gasteiger partial charge in [-0.3, -0.25) is 0 Å². The zero-order valence-corrected chi connectivity index (χ0v) is 11.4. The van der Waals surface area contributed by atoms with Crippen molar-refractivity contribution in [1.82, 2.24) is 0 Å². The Balaban J connectivity index is 2.94. The van der Waals surface area contributed by atoms with Gasteiger partial charge in [0.1, 0.15) is 0 Å². The largest absolute Gasteiger partial charge is 0.228 e. The van der Waals surface area contributed by atoms with Crippen LogP contribution in [0.4, 0.5) is 0 Å². The Bertz CT molecular complexity index is 446. The topological polar surface area (TPSA) is 34.1 Å². The first-order chi connectivity index (χ1) is 7.28. The second-order valence-corrected chi connectivity index (χ2v) is 7.56. The van der Waals surface area contributed by atoms with Crippen molar-refractivity contribution in [2.75, 3.05) is 0 Å². The summed E-state index contributed by atoms with van der Waals surface area (Å²) in [5.41, 5.74) is 0.783. The van der Waals surface area contributed by atoms with E-state index < -0.39 is 14.6 Å². The number of benzene rings is 1. The lowest BCUT2D eigenvalue weighted by Gasteiger charge is -2.22. The van der Waals surface area contributed by atoms with E-state index >= 15 is 0 Å². The van der Waals surface area contributed by atoms with Gasteiger partial charge in [-0.05, 0) is 38.0 Å². The van der Waals surface area contributed by atoms with Crippen molar-refractivity contribution in [2.45, 2.75) is 37.7 Å². The molecule has 4 heteroatoms. The molecule has 0 N–H and O–H groups in total. The molecule has 0 aliphatic rings. The summed E-state index contributed by atoms with van der Waals surface area (Å²) in [6, 6.07) is 6.94. The molecule has 0 saturated heterocycles. The van der Waals surface area contributed by atoms with Gasteiger partial charge in [0.2, 0.25) is 0 Å². The summed E-state index contributed by atoms with van der Waals surface area (Å²) in [5, 5.41) is 0.621. The smallest absolute Gasteiger partial charge is 0.159 e. The van der Waals surface area contributed by atoms with Gasteiger partial charge < -0.3 is 0 Å². The van der Waals surface area contributed by atoms with E-state index in [1.165, 1.54) is 0 Å². The van der Waals surface area contributed by atoms with Crippen LogP contribution in [0.2, 0.25) is 5.02 Å². The van der Waals surface area contributed by atoms with Crippen molar-refractivity contribution in [2.24, 2.45) is 0 Å². The van der Waals surface area contributed by atoms with Gasteiger partial charge in [0, 0.05) is 5.02 Å². The summed E-state index contributed by atoms with van der Waals surface area (Å²) in [6.07, 6.45) is 0.614. The minimum Gasteiger partial charge on any atom is -0.228 e. The third-order valence-electron chi connectivity index (χ3n) is 2.96. The first kappa shape index (κ1) is 13.5. The molecule has 1 aromatic rings. The molecule has 90 valence electrons. The quantitative estimate of drug-likeness (QED) is 0.831. The van der Waals surface area contributed by atoms with Crippen LogP contribution in [0.25, 0.3) is 0 Å². The Morgan fingerprint density at radius 2 is 1.69 bits per heavy atom. The Kier molecular flexibility index (Phi) is 4.02. The third-order valence-corrected chi connectivity index (χ3v) is 5.90. The number of sulfone groups is 1. The molecule has 0 bridgehead atoms. The summed E-state index contributed by atoms with van der Waals surface area (Å²) in [7, 11) is -3.12. The maximum Gasteiger partial charge on any atom is 0.159 e. The van der Waals surface area contributed by atoms with Gasteiger partial charge in [0.15, 0.2) is 9.84 Å². The average Bonchev–Trinajstić information content (AvgIpc) is 2.21. The Morgan fingerprint density at radius 3 is 2.12 bits per heavy atom. The van der Waals surface area contributed by atoms with Crippen LogP contribution in [0.3, 0.4) is 0 Å². The highest BCUT2D eigenvalue weighted by Crippen LogP contribution is 2.24. The molecule has 16 heavy (non-hydrogen) atoms. The predicted molar refractivity (Wildman–Crippen MR) is 68.4 cm³/mol. The zero-order valence-electron chi connectivity index (χ0n) is 9.83. The predicted octanol–water partition coefficient (Wildman–Crippen LogP) is 3.44. The van der Waals surface area contributed by atoms with Crippen LogP contribution in [0.5, 0.6) is 0 Å². The fourth-order valence-corrected chi connectivity index (χ4v) is 2.80. The van der Waals surface area contributed by atoms with Crippen LogP contribution in [0, 0.1) is 0 Å². The van der Waals surface area contributed by atoms with E-state index in [2.05, 4.69) is 0 Å². The standard InChI is InChI=1S/C12H17ClO2S/c1-4-12(2,3)16(14,15)9-10-5-7-11(13)8-6-10/h5-8H,4,9H2,1-3H3. The van der Waals surface area contributed by atoms with Crippen molar-refractivity contribution in [3.05, 3.63) is 34.9 Å². The Morgan fingerprint density at radius 1 is 1.19 bits per heavy atom. The molecule has 0 saturated carbocycles. The van der Waals surface area contributed by atoms with Crippen LogP contribution in [-0.4, -0.2) is 13.2 Å². The SMILES string of the molecule is CCC(C)(C)S(=O)(=O)Cc1ccc(Cl)cc1. The van der Waals surface area contributed by atoms with Gasteiger partial charge in [-0.1, -0.05) is 30.7 Å². The number of hydrogen-bond acceptors (Lipinski definition) is 2. The molecule has 0 aromatic heterocycles. The van der Waals surface area contributed by atoms with Crippen molar-refractivity contribution < 1.29 is 8.42 Å². The van der Waals surface area contributed by atoms with E-state index in [4.69, 9.17) is 11.6 Å². The summed E-state index contributed by atoms with van der Waals surface area (Å²) in [5.74, 6) is 0.0744. The maximum atomic E-state index is 12.1. The first-order valence-electron chi connectivity index (χ1n) is 5.25. The van der Waals surface area contributed by atoms with Crippen LogP contribution in [0.15, 0.2) is 24.3 Å². The van der Waals surface area contributed by atoms with E-state index in [0.717, 1.165) is 5.56 Å². The second-order valence-electron chi connectivity index (χ2n) is 4.50. The van der Waals surface area contributed by atoms with Gasteiger partial charge in [-0.15, -0.1) is 0 Å². The average molecular weight is 261 g/mol. The molecule has 2 nitrogen and oxygen atoms in total. The molecule has 1 rings (SSSR count). The van der Waals surface area contributed by atoms with Gasteiger partial charge in [0.05, 0.1) is 10.5 Å². The molecule has 0 radical (unpaired) electrons. The van der Waals surface area contributed by atoms with E-state index in [1.807, 2.05) is 6.92 Å². The summed E-state index contributed by atoms with van der Waals surface area (Å²) >= 11 is 5.75. The highest BCUT2D eigenvalue weighted by Gasteiger charge is 2.32.